The van der Waals surface area contributed by atoms with Crippen LogP contribution in [0.1, 0.15) is 5.56 Å². The maximum absolute atomic E-state index is 12.3. The molecular formula is C23H20N2O6S. The number of nitrogens with one attached hydrogen (secondary N) is 1. The van der Waals surface area contributed by atoms with E-state index < -0.39 is 5.63 Å². The number of thiazole rings is 1. The number of benzene rings is 2. The number of fused-ring (bicyclic) bond motifs is 1. The molecule has 2 aromatic heterocycles. The molecule has 1 N–H and O–H groups in total. The summed E-state index contributed by atoms with van der Waals surface area (Å²) in [4.78, 5) is 28.3. The van der Waals surface area contributed by atoms with Gasteiger partial charge in [0.05, 0.1) is 19.9 Å². The van der Waals surface area contributed by atoms with Gasteiger partial charge in [0.25, 0.3) is 5.91 Å². The van der Waals surface area contributed by atoms with Gasteiger partial charge in [0.15, 0.2) is 23.2 Å². The average Bonchev–Trinajstić information content (AvgIpc) is 3.25. The molecule has 0 aliphatic carbocycles. The first-order chi connectivity index (χ1) is 15.5. The molecule has 2 heterocycles. The van der Waals surface area contributed by atoms with Crippen LogP contribution in [0.5, 0.6) is 17.2 Å². The van der Waals surface area contributed by atoms with Crippen molar-refractivity contribution in [2.45, 2.75) is 6.92 Å². The van der Waals surface area contributed by atoms with E-state index in [0.717, 1.165) is 16.5 Å². The van der Waals surface area contributed by atoms with Gasteiger partial charge in [-0.05, 0) is 42.8 Å². The van der Waals surface area contributed by atoms with Crippen LogP contribution in [-0.2, 0) is 4.79 Å². The van der Waals surface area contributed by atoms with E-state index in [1.807, 2.05) is 24.4 Å². The number of aromatic nitrogens is 1. The van der Waals surface area contributed by atoms with Crippen LogP contribution < -0.4 is 25.2 Å². The number of hydrogen-bond acceptors (Lipinski definition) is 8. The number of anilines is 1. The SMILES string of the molecule is COc1ccc(-c2csc(NC(=O)COc3ccc4c(C)cc(=O)oc4c3)n2)cc1OC. The predicted octanol–water partition coefficient (Wildman–Crippen LogP) is 4.26. The molecule has 0 radical (unpaired) electrons. The Morgan fingerprint density at radius 1 is 1.09 bits per heavy atom. The predicted molar refractivity (Wildman–Crippen MR) is 122 cm³/mol. The minimum absolute atomic E-state index is 0.215. The normalized spacial score (nSPS) is 10.7. The van der Waals surface area contributed by atoms with Crippen molar-refractivity contribution in [2.75, 3.05) is 26.1 Å². The van der Waals surface area contributed by atoms with Gasteiger partial charge >= 0.3 is 5.63 Å². The summed E-state index contributed by atoms with van der Waals surface area (Å²) in [5.74, 6) is 1.29. The summed E-state index contributed by atoms with van der Waals surface area (Å²) in [5, 5.41) is 5.82. The average molecular weight is 452 g/mol. The van der Waals surface area contributed by atoms with E-state index >= 15 is 0 Å². The van der Waals surface area contributed by atoms with Crippen molar-refractivity contribution < 1.29 is 23.4 Å². The van der Waals surface area contributed by atoms with Gasteiger partial charge in [-0.15, -0.1) is 11.3 Å². The topological polar surface area (TPSA) is 99.9 Å². The zero-order valence-electron chi connectivity index (χ0n) is 17.6. The first-order valence-corrected chi connectivity index (χ1v) is 10.5. The van der Waals surface area contributed by atoms with Crippen LogP contribution in [0.4, 0.5) is 5.13 Å². The van der Waals surface area contributed by atoms with Crippen LogP contribution in [-0.4, -0.2) is 31.7 Å². The van der Waals surface area contributed by atoms with Crippen LogP contribution in [0.3, 0.4) is 0 Å². The molecule has 8 nitrogen and oxygen atoms in total. The van der Waals surface area contributed by atoms with E-state index in [1.54, 1.807) is 38.5 Å². The second-order valence-corrected chi connectivity index (χ2v) is 7.71. The molecule has 164 valence electrons. The lowest BCUT2D eigenvalue weighted by atomic mass is 10.1. The summed E-state index contributed by atoms with van der Waals surface area (Å²) in [6, 6.07) is 12.0. The van der Waals surface area contributed by atoms with E-state index in [0.29, 0.717) is 33.7 Å². The zero-order chi connectivity index (χ0) is 22.7. The van der Waals surface area contributed by atoms with E-state index in [4.69, 9.17) is 18.6 Å². The second kappa shape index (κ2) is 9.11. The zero-order valence-corrected chi connectivity index (χ0v) is 18.4. The fraction of sp³-hybridized carbons (Fsp3) is 0.174. The first kappa shape index (κ1) is 21.4. The Kier molecular flexibility index (Phi) is 6.09. The summed E-state index contributed by atoms with van der Waals surface area (Å²) in [6.45, 7) is 1.62. The molecule has 0 aliphatic heterocycles. The molecule has 0 saturated heterocycles. The first-order valence-electron chi connectivity index (χ1n) is 9.62. The Bertz CT molecular complexity index is 1340. The Hall–Kier alpha value is -3.85. The van der Waals surface area contributed by atoms with Crippen molar-refractivity contribution in [1.29, 1.82) is 0 Å². The molecule has 4 aromatic rings. The maximum Gasteiger partial charge on any atom is 0.336 e. The molecule has 0 fully saturated rings. The largest absolute Gasteiger partial charge is 0.493 e. The third-order valence-electron chi connectivity index (χ3n) is 4.72. The highest BCUT2D eigenvalue weighted by Gasteiger charge is 2.12. The van der Waals surface area contributed by atoms with Crippen LogP contribution in [0, 0.1) is 6.92 Å². The molecule has 4 rings (SSSR count). The van der Waals surface area contributed by atoms with Crippen LogP contribution in [0.2, 0.25) is 0 Å². The third-order valence-corrected chi connectivity index (χ3v) is 5.48. The van der Waals surface area contributed by atoms with E-state index in [1.165, 1.54) is 17.4 Å². The number of aryl methyl sites for hydroxylation is 1. The third kappa shape index (κ3) is 4.57. The highest BCUT2D eigenvalue weighted by atomic mass is 32.1. The lowest BCUT2D eigenvalue weighted by Gasteiger charge is -2.08. The molecular weight excluding hydrogens is 432 g/mol. The lowest BCUT2D eigenvalue weighted by molar-refractivity contribution is -0.118. The van der Waals surface area contributed by atoms with Crippen molar-refractivity contribution in [2.24, 2.45) is 0 Å². The molecule has 0 atom stereocenters. The van der Waals surface area contributed by atoms with Gasteiger partial charge in [-0.25, -0.2) is 9.78 Å². The van der Waals surface area contributed by atoms with Gasteiger partial charge in [0, 0.05) is 28.5 Å². The van der Waals surface area contributed by atoms with E-state index in [-0.39, 0.29) is 12.5 Å². The molecule has 0 spiro atoms. The van der Waals surface area contributed by atoms with Gasteiger partial charge < -0.3 is 18.6 Å². The minimum atomic E-state index is -0.432. The van der Waals surface area contributed by atoms with Crippen molar-refractivity contribution in [3.05, 3.63) is 63.8 Å². The summed E-state index contributed by atoms with van der Waals surface area (Å²) in [5.41, 5.74) is 2.33. The van der Waals surface area contributed by atoms with E-state index in [2.05, 4.69) is 10.3 Å². The number of ether oxygens (including phenoxy) is 3. The molecule has 32 heavy (non-hydrogen) atoms. The van der Waals surface area contributed by atoms with Crippen molar-refractivity contribution in [1.82, 2.24) is 4.98 Å². The number of rotatable bonds is 7. The fourth-order valence-electron chi connectivity index (χ4n) is 3.16. The maximum atomic E-state index is 12.3. The quantitative estimate of drug-likeness (QED) is 0.418. The Balaban J connectivity index is 1.41. The summed E-state index contributed by atoms with van der Waals surface area (Å²) in [6.07, 6.45) is 0. The minimum Gasteiger partial charge on any atom is -0.493 e. The number of amides is 1. The summed E-state index contributed by atoms with van der Waals surface area (Å²) >= 11 is 1.30. The smallest absolute Gasteiger partial charge is 0.336 e. The number of hydrogen-bond donors (Lipinski definition) is 1. The summed E-state index contributed by atoms with van der Waals surface area (Å²) < 4.78 is 21.3. The van der Waals surface area contributed by atoms with Crippen molar-refractivity contribution >= 4 is 33.3 Å². The van der Waals surface area contributed by atoms with Gasteiger partial charge in [-0.1, -0.05) is 0 Å². The van der Waals surface area contributed by atoms with Crippen LogP contribution in [0.15, 0.2) is 57.1 Å². The molecule has 0 aliphatic rings. The number of carbonyl (C=O) groups excluding carboxylic acids is 1. The van der Waals surface area contributed by atoms with E-state index in [9.17, 15) is 9.59 Å². The monoisotopic (exact) mass is 452 g/mol. The molecule has 0 saturated carbocycles. The van der Waals surface area contributed by atoms with Gasteiger partial charge in [-0.3, -0.25) is 10.1 Å². The Labute approximate surface area is 187 Å². The Morgan fingerprint density at radius 3 is 2.69 bits per heavy atom. The molecule has 1 amide bonds. The highest BCUT2D eigenvalue weighted by molar-refractivity contribution is 7.14. The fourth-order valence-corrected chi connectivity index (χ4v) is 3.89. The number of carbonyl (C=O) groups is 1. The Morgan fingerprint density at radius 2 is 1.91 bits per heavy atom. The second-order valence-electron chi connectivity index (χ2n) is 6.85. The standard InChI is InChI=1S/C23H20N2O6S/c1-13-8-22(27)31-19-10-15(5-6-16(13)19)30-11-21(26)25-23-24-17(12-32-23)14-4-7-18(28-2)20(9-14)29-3/h4-10,12H,11H2,1-3H3,(H,24,25,26). The molecule has 0 bridgehead atoms. The molecule has 0 unspecified atom stereocenters. The van der Waals surface area contributed by atoms with Gasteiger partial charge in [0.2, 0.25) is 0 Å². The van der Waals surface area contributed by atoms with Gasteiger partial charge in [0.1, 0.15) is 11.3 Å². The summed E-state index contributed by atoms with van der Waals surface area (Å²) in [7, 11) is 3.14. The number of nitrogens with zero attached hydrogens (tertiary/aromatic N) is 1. The van der Waals surface area contributed by atoms with Crippen LogP contribution in [0.25, 0.3) is 22.2 Å². The van der Waals surface area contributed by atoms with Crippen molar-refractivity contribution in [3.63, 3.8) is 0 Å². The highest BCUT2D eigenvalue weighted by Crippen LogP contribution is 2.33. The van der Waals surface area contributed by atoms with Crippen molar-refractivity contribution in [3.8, 4) is 28.5 Å². The number of methoxy groups -OCH3 is 2. The van der Waals surface area contributed by atoms with Gasteiger partial charge in [-0.2, -0.15) is 0 Å². The molecule has 2 aromatic carbocycles. The van der Waals surface area contributed by atoms with Crippen LogP contribution >= 0.6 is 11.3 Å². The molecule has 9 heteroatoms. The lowest BCUT2D eigenvalue weighted by Crippen LogP contribution is -2.20.